The molecule has 1 atom stereocenters. The number of methoxy groups -OCH3 is 1. The highest BCUT2D eigenvalue weighted by Crippen LogP contribution is 2.32. The molecule has 3 heterocycles. The first-order valence-electron chi connectivity index (χ1n) is 8.60. The number of rotatable bonds is 3. The third-order valence-electron chi connectivity index (χ3n) is 4.82. The maximum absolute atomic E-state index is 5.39. The summed E-state index contributed by atoms with van der Waals surface area (Å²) in [7, 11) is 1.70. The largest absolute Gasteiger partial charge is 0.497 e. The topological polar surface area (TPSA) is 38.6 Å². The lowest BCUT2D eigenvalue weighted by molar-refractivity contribution is 0.415. The van der Waals surface area contributed by atoms with Crippen molar-refractivity contribution in [3.05, 3.63) is 54.0 Å². The minimum atomic E-state index is 0.465. The number of benzene rings is 1. The first-order valence-corrected chi connectivity index (χ1v) is 8.60. The fourth-order valence-electron chi connectivity index (χ4n) is 3.56. The molecule has 4 nitrogen and oxygen atoms in total. The molecule has 1 N–H and O–H groups in total. The summed E-state index contributed by atoms with van der Waals surface area (Å²) in [4.78, 5) is 5.07. The zero-order valence-electron chi connectivity index (χ0n) is 14.2. The van der Waals surface area contributed by atoms with Crippen LogP contribution in [0.2, 0.25) is 0 Å². The van der Waals surface area contributed by atoms with Gasteiger partial charge in [0.25, 0.3) is 0 Å². The summed E-state index contributed by atoms with van der Waals surface area (Å²) in [5.41, 5.74) is 4.55. The number of aromatic nitrogens is 2. The first-order chi connectivity index (χ1) is 11.8. The number of nitrogens with one attached hydrogen (secondary N) is 1. The van der Waals surface area contributed by atoms with E-state index >= 15 is 0 Å². The predicted octanol–water partition coefficient (Wildman–Crippen LogP) is 3.79. The van der Waals surface area contributed by atoms with Crippen LogP contribution in [-0.2, 0) is 0 Å². The van der Waals surface area contributed by atoms with Crippen LogP contribution in [0.5, 0.6) is 5.75 Å². The van der Waals surface area contributed by atoms with E-state index in [1.165, 1.54) is 24.2 Å². The van der Waals surface area contributed by atoms with E-state index in [0.29, 0.717) is 5.92 Å². The van der Waals surface area contributed by atoms with E-state index in [1.54, 1.807) is 7.11 Å². The lowest BCUT2D eigenvalue weighted by atomic mass is 9.99. The molecule has 1 aliphatic rings. The van der Waals surface area contributed by atoms with Crippen LogP contribution in [-0.4, -0.2) is 29.6 Å². The van der Waals surface area contributed by atoms with E-state index in [-0.39, 0.29) is 0 Å². The maximum atomic E-state index is 5.39. The van der Waals surface area contributed by atoms with E-state index in [4.69, 9.17) is 9.72 Å². The average molecular weight is 321 g/mol. The third-order valence-corrected chi connectivity index (χ3v) is 4.82. The zero-order chi connectivity index (χ0) is 16.5. The van der Waals surface area contributed by atoms with Gasteiger partial charge in [-0.3, -0.25) is 0 Å². The van der Waals surface area contributed by atoms with Gasteiger partial charge in [-0.25, -0.2) is 4.98 Å². The summed E-state index contributed by atoms with van der Waals surface area (Å²) in [5, 5.41) is 3.51. The predicted molar refractivity (Wildman–Crippen MR) is 96.8 cm³/mol. The van der Waals surface area contributed by atoms with Gasteiger partial charge in [-0.05, 0) is 50.1 Å². The summed E-state index contributed by atoms with van der Waals surface area (Å²) in [6.45, 7) is 4.25. The van der Waals surface area contributed by atoms with E-state index < -0.39 is 0 Å². The highest BCUT2D eigenvalue weighted by Gasteiger charge is 2.22. The molecule has 1 aromatic carbocycles. The Morgan fingerprint density at radius 3 is 2.96 bits per heavy atom. The monoisotopic (exact) mass is 321 g/mol. The molecule has 0 bridgehead atoms. The molecule has 2 aromatic heterocycles. The molecule has 124 valence electrons. The Kier molecular flexibility index (Phi) is 3.98. The van der Waals surface area contributed by atoms with Crippen molar-refractivity contribution in [2.75, 3.05) is 20.2 Å². The van der Waals surface area contributed by atoms with Gasteiger partial charge in [0.2, 0.25) is 0 Å². The fraction of sp³-hybridized carbons (Fsp3) is 0.350. The Bertz CT molecular complexity index is 862. The lowest BCUT2D eigenvalue weighted by Crippen LogP contribution is -2.29. The van der Waals surface area contributed by atoms with Gasteiger partial charge >= 0.3 is 0 Å². The molecular formula is C20H23N3O. The molecule has 1 fully saturated rings. The van der Waals surface area contributed by atoms with Crippen molar-refractivity contribution in [1.29, 1.82) is 0 Å². The minimum Gasteiger partial charge on any atom is -0.497 e. The second kappa shape index (κ2) is 6.29. The van der Waals surface area contributed by atoms with Crippen molar-refractivity contribution in [2.24, 2.45) is 0 Å². The van der Waals surface area contributed by atoms with Crippen molar-refractivity contribution in [2.45, 2.75) is 25.7 Å². The number of hydrogen-bond donors (Lipinski definition) is 1. The van der Waals surface area contributed by atoms with Crippen molar-refractivity contribution in [3.8, 4) is 17.0 Å². The summed E-state index contributed by atoms with van der Waals surface area (Å²) in [6, 6.07) is 12.5. The molecular weight excluding hydrogens is 298 g/mol. The smallest absolute Gasteiger partial charge is 0.119 e. The van der Waals surface area contributed by atoms with Crippen LogP contribution in [0.15, 0.2) is 42.6 Å². The molecule has 3 aromatic rings. The van der Waals surface area contributed by atoms with Crippen LogP contribution in [0.1, 0.15) is 30.1 Å². The first kappa shape index (κ1) is 15.2. The molecule has 0 aliphatic carbocycles. The van der Waals surface area contributed by atoms with E-state index in [9.17, 15) is 0 Å². The van der Waals surface area contributed by atoms with Gasteiger partial charge in [-0.15, -0.1) is 0 Å². The standard InChI is InChI=1S/C20H23N3O/c1-14-8-9-18-19(15-5-3-7-17(11-15)24-2)22-20(23(18)13-14)16-6-4-10-21-12-16/h3,5,7-9,11,13,16,21H,4,6,10,12H2,1-2H3. The highest BCUT2D eigenvalue weighted by atomic mass is 16.5. The summed E-state index contributed by atoms with van der Waals surface area (Å²) in [6.07, 6.45) is 4.60. The van der Waals surface area contributed by atoms with Crippen molar-refractivity contribution in [1.82, 2.24) is 14.7 Å². The molecule has 1 unspecified atom stereocenters. The van der Waals surface area contributed by atoms with E-state index in [0.717, 1.165) is 35.6 Å². The molecule has 4 rings (SSSR count). The summed E-state index contributed by atoms with van der Waals surface area (Å²) < 4.78 is 7.67. The minimum absolute atomic E-state index is 0.465. The maximum Gasteiger partial charge on any atom is 0.119 e. The van der Waals surface area contributed by atoms with Crippen molar-refractivity contribution in [3.63, 3.8) is 0 Å². The molecule has 4 heteroatoms. The van der Waals surface area contributed by atoms with E-state index in [2.05, 4.69) is 47.1 Å². The van der Waals surface area contributed by atoms with Gasteiger partial charge in [0.05, 0.1) is 18.3 Å². The number of imidazole rings is 1. The molecule has 0 spiro atoms. The van der Waals surface area contributed by atoms with Crippen LogP contribution in [0, 0.1) is 6.92 Å². The van der Waals surface area contributed by atoms with Gasteiger partial charge in [0.1, 0.15) is 11.6 Å². The number of aryl methyl sites for hydroxylation is 1. The van der Waals surface area contributed by atoms with Gasteiger partial charge in [-0.1, -0.05) is 18.2 Å². The van der Waals surface area contributed by atoms with Crippen LogP contribution < -0.4 is 10.1 Å². The molecule has 1 aliphatic heterocycles. The number of fused-ring (bicyclic) bond motifs is 1. The second-order valence-electron chi connectivity index (χ2n) is 6.56. The van der Waals surface area contributed by atoms with Gasteiger partial charge in [0.15, 0.2) is 0 Å². The molecule has 24 heavy (non-hydrogen) atoms. The van der Waals surface area contributed by atoms with Crippen LogP contribution in [0.3, 0.4) is 0 Å². The van der Waals surface area contributed by atoms with Crippen molar-refractivity contribution >= 4 is 5.52 Å². The Labute approximate surface area is 142 Å². The Morgan fingerprint density at radius 1 is 1.25 bits per heavy atom. The molecule has 1 saturated heterocycles. The zero-order valence-corrected chi connectivity index (χ0v) is 14.2. The second-order valence-corrected chi connectivity index (χ2v) is 6.56. The lowest BCUT2D eigenvalue weighted by Gasteiger charge is -2.21. The van der Waals surface area contributed by atoms with Crippen LogP contribution in [0.4, 0.5) is 0 Å². The quantitative estimate of drug-likeness (QED) is 0.798. The fourth-order valence-corrected chi connectivity index (χ4v) is 3.56. The van der Waals surface area contributed by atoms with Crippen molar-refractivity contribution < 1.29 is 4.74 Å². The Balaban J connectivity index is 1.89. The Hall–Kier alpha value is -2.33. The number of ether oxygens (including phenoxy) is 1. The van der Waals surface area contributed by atoms with Gasteiger partial charge in [-0.2, -0.15) is 0 Å². The highest BCUT2D eigenvalue weighted by molar-refractivity contribution is 5.78. The van der Waals surface area contributed by atoms with Gasteiger partial charge < -0.3 is 14.5 Å². The summed E-state index contributed by atoms with van der Waals surface area (Å²) >= 11 is 0. The third kappa shape index (κ3) is 2.67. The molecule has 0 radical (unpaired) electrons. The van der Waals surface area contributed by atoms with E-state index in [1.807, 2.05) is 12.1 Å². The van der Waals surface area contributed by atoms with Gasteiger partial charge in [0, 0.05) is 24.2 Å². The van der Waals surface area contributed by atoms with Crippen LogP contribution >= 0.6 is 0 Å². The summed E-state index contributed by atoms with van der Waals surface area (Å²) in [5.74, 6) is 2.49. The number of piperidine rings is 1. The average Bonchev–Trinajstić information content (AvgIpc) is 3.01. The van der Waals surface area contributed by atoms with Crippen LogP contribution in [0.25, 0.3) is 16.8 Å². The number of pyridine rings is 1. The molecule has 0 saturated carbocycles. The SMILES string of the molecule is COc1cccc(-c2nc(C3CCCNC3)n3cc(C)ccc23)c1. The number of hydrogen-bond acceptors (Lipinski definition) is 3. The Morgan fingerprint density at radius 2 is 2.17 bits per heavy atom. The number of nitrogens with zero attached hydrogens (tertiary/aromatic N) is 2. The normalized spacial score (nSPS) is 18.0. The molecule has 0 amide bonds.